The number of rotatable bonds is 4. The van der Waals surface area contributed by atoms with E-state index in [0.717, 1.165) is 16.8 Å². The van der Waals surface area contributed by atoms with Gasteiger partial charge in [-0.25, -0.2) is 0 Å². The van der Waals surface area contributed by atoms with Crippen molar-refractivity contribution in [1.82, 2.24) is 0 Å². The first kappa shape index (κ1) is 12.7. The highest BCUT2D eigenvalue weighted by Crippen LogP contribution is 2.13. The maximum Gasteiger partial charge on any atom is 0.243 e. The lowest BCUT2D eigenvalue weighted by Crippen LogP contribution is -2.39. The average Bonchev–Trinajstić information content (AvgIpc) is 2.16. The monoisotopic (exact) mass is 222 g/mol. The van der Waals surface area contributed by atoms with Crippen molar-refractivity contribution in [2.45, 2.75) is 19.9 Å². The first-order valence-corrected chi connectivity index (χ1v) is 5.16. The summed E-state index contributed by atoms with van der Waals surface area (Å²) in [5.41, 5.74) is 8.60. The lowest BCUT2D eigenvalue weighted by Gasteiger charge is -2.12. The number of hydrogen-bond donors (Lipinski definition) is 2. The molecule has 0 saturated carbocycles. The summed E-state index contributed by atoms with van der Waals surface area (Å²) in [6.07, 6.45) is 0. The Hall–Kier alpha value is -1.39. The fourth-order valence-corrected chi connectivity index (χ4v) is 1.54. The van der Waals surface area contributed by atoms with Crippen molar-refractivity contribution in [3.63, 3.8) is 0 Å². The van der Waals surface area contributed by atoms with Gasteiger partial charge in [-0.05, 0) is 37.1 Å². The summed E-state index contributed by atoms with van der Waals surface area (Å²) in [5.74, 6) is -0.230. The second-order valence-corrected chi connectivity index (χ2v) is 3.93. The number of benzene rings is 1. The molecule has 1 atom stereocenters. The summed E-state index contributed by atoms with van der Waals surface area (Å²) >= 11 is 0. The highest BCUT2D eigenvalue weighted by molar-refractivity contribution is 5.94. The molecule has 0 heterocycles. The molecule has 0 saturated heterocycles. The molecule has 4 nitrogen and oxygen atoms in total. The predicted molar refractivity (Wildman–Crippen MR) is 64.4 cm³/mol. The first-order chi connectivity index (χ1) is 7.52. The third-order valence-electron chi connectivity index (χ3n) is 2.17. The second-order valence-electron chi connectivity index (χ2n) is 3.93. The van der Waals surface area contributed by atoms with E-state index in [1.165, 1.54) is 7.11 Å². The Morgan fingerprint density at radius 1 is 1.38 bits per heavy atom. The molecule has 88 valence electrons. The Morgan fingerprint density at radius 2 is 1.94 bits per heavy atom. The predicted octanol–water partition coefficient (Wildman–Crippen LogP) is 1.22. The molecule has 1 aromatic rings. The lowest BCUT2D eigenvalue weighted by atomic mass is 10.1. The van der Waals surface area contributed by atoms with Gasteiger partial charge in [-0.15, -0.1) is 0 Å². The Kier molecular flexibility index (Phi) is 4.46. The van der Waals surface area contributed by atoms with Crippen LogP contribution in [0.15, 0.2) is 18.2 Å². The van der Waals surface area contributed by atoms with Gasteiger partial charge in [-0.2, -0.15) is 0 Å². The highest BCUT2D eigenvalue weighted by atomic mass is 16.5. The van der Waals surface area contributed by atoms with Crippen LogP contribution in [0.25, 0.3) is 0 Å². The number of carbonyl (C=O) groups is 1. The molecular formula is C12H18N2O2. The van der Waals surface area contributed by atoms with E-state index in [1.54, 1.807) is 0 Å². The van der Waals surface area contributed by atoms with Gasteiger partial charge in [-0.3, -0.25) is 4.79 Å². The zero-order valence-corrected chi connectivity index (χ0v) is 9.91. The molecule has 1 unspecified atom stereocenters. The largest absolute Gasteiger partial charge is 0.383 e. The number of ether oxygens (including phenoxy) is 1. The van der Waals surface area contributed by atoms with Crippen molar-refractivity contribution in [3.8, 4) is 0 Å². The van der Waals surface area contributed by atoms with Gasteiger partial charge in [0, 0.05) is 12.8 Å². The van der Waals surface area contributed by atoms with Gasteiger partial charge in [0.15, 0.2) is 0 Å². The standard InChI is InChI=1S/C12H18N2O2/c1-8-4-9(2)6-10(5-8)14-12(15)11(13)7-16-3/h4-6,11H,7,13H2,1-3H3,(H,14,15). The number of anilines is 1. The Morgan fingerprint density at radius 3 is 2.44 bits per heavy atom. The van der Waals surface area contributed by atoms with Crippen LogP contribution in [0.3, 0.4) is 0 Å². The molecule has 1 aromatic carbocycles. The Balaban J connectivity index is 2.69. The van der Waals surface area contributed by atoms with E-state index in [-0.39, 0.29) is 12.5 Å². The molecule has 16 heavy (non-hydrogen) atoms. The zero-order valence-electron chi connectivity index (χ0n) is 9.91. The van der Waals surface area contributed by atoms with Gasteiger partial charge < -0.3 is 15.8 Å². The van der Waals surface area contributed by atoms with Gasteiger partial charge in [0.2, 0.25) is 5.91 Å². The fourth-order valence-electron chi connectivity index (χ4n) is 1.54. The molecule has 0 spiro atoms. The molecule has 0 bridgehead atoms. The topological polar surface area (TPSA) is 64.3 Å². The molecule has 0 aliphatic rings. The van der Waals surface area contributed by atoms with Crippen LogP contribution in [0.4, 0.5) is 5.69 Å². The Labute approximate surface area is 95.8 Å². The molecule has 4 heteroatoms. The number of nitrogens with two attached hydrogens (primary N) is 1. The van der Waals surface area contributed by atoms with Gasteiger partial charge in [0.1, 0.15) is 6.04 Å². The minimum Gasteiger partial charge on any atom is -0.383 e. The van der Waals surface area contributed by atoms with E-state index in [0.29, 0.717) is 0 Å². The van der Waals surface area contributed by atoms with Crippen LogP contribution in [0.1, 0.15) is 11.1 Å². The lowest BCUT2D eigenvalue weighted by molar-refractivity contribution is -0.118. The quantitative estimate of drug-likeness (QED) is 0.805. The van der Waals surface area contributed by atoms with E-state index in [2.05, 4.69) is 5.32 Å². The van der Waals surface area contributed by atoms with Crippen molar-refractivity contribution in [2.75, 3.05) is 19.0 Å². The summed E-state index contributed by atoms with van der Waals surface area (Å²) in [6, 6.07) is 5.23. The summed E-state index contributed by atoms with van der Waals surface area (Å²) in [7, 11) is 1.52. The normalized spacial score (nSPS) is 12.2. The van der Waals surface area contributed by atoms with Crippen LogP contribution in [-0.2, 0) is 9.53 Å². The summed E-state index contributed by atoms with van der Waals surface area (Å²) in [4.78, 5) is 11.6. The van der Waals surface area contributed by atoms with Crippen molar-refractivity contribution < 1.29 is 9.53 Å². The number of amides is 1. The highest BCUT2D eigenvalue weighted by Gasteiger charge is 2.13. The van der Waals surface area contributed by atoms with Crippen molar-refractivity contribution >= 4 is 11.6 Å². The zero-order chi connectivity index (χ0) is 12.1. The fraction of sp³-hybridized carbons (Fsp3) is 0.417. The minimum absolute atomic E-state index is 0.219. The maximum atomic E-state index is 11.6. The van der Waals surface area contributed by atoms with Gasteiger partial charge in [0.05, 0.1) is 6.61 Å². The van der Waals surface area contributed by atoms with Crippen molar-refractivity contribution in [2.24, 2.45) is 5.73 Å². The van der Waals surface area contributed by atoms with Crippen LogP contribution >= 0.6 is 0 Å². The molecular weight excluding hydrogens is 204 g/mol. The number of methoxy groups -OCH3 is 1. The first-order valence-electron chi connectivity index (χ1n) is 5.16. The third-order valence-corrected chi connectivity index (χ3v) is 2.17. The molecule has 0 aromatic heterocycles. The van der Waals surface area contributed by atoms with Crippen LogP contribution in [0, 0.1) is 13.8 Å². The molecule has 0 radical (unpaired) electrons. The maximum absolute atomic E-state index is 11.6. The van der Waals surface area contributed by atoms with Crippen LogP contribution in [-0.4, -0.2) is 25.7 Å². The van der Waals surface area contributed by atoms with Crippen molar-refractivity contribution in [3.05, 3.63) is 29.3 Å². The number of nitrogens with one attached hydrogen (secondary N) is 1. The van der Waals surface area contributed by atoms with Crippen molar-refractivity contribution in [1.29, 1.82) is 0 Å². The smallest absolute Gasteiger partial charge is 0.243 e. The molecule has 0 aliphatic heterocycles. The summed E-state index contributed by atoms with van der Waals surface area (Å²) in [5, 5.41) is 2.76. The van der Waals surface area contributed by atoms with Crippen LogP contribution in [0.5, 0.6) is 0 Å². The van der Waals surface area contributed by atoms with Crippen LogP contribution in [0.2, 0.25) is 0 Å². The molecule has 0 aliphatic carbocycles. The van der Waals surface area contributed by atoms with E-state index in [4.69, 9.17) is 10.5 Å². The SMILES string of the molecule is COCC(N)C(=O)Nc1cc(C)cc(C)c1. The van der Waals surface area contributed by atoms with Gasteiger partial charge in [0.25, 0.3) is 0 Å². The molecule has 3 N–H and O–H groups in total. The summed E-state index contributed by atoms with van der Waals surface area (Å²) in [6.45, 7) is 4.19. The van der Waals surface area contributed by atoms with Crippen LogP contribution < -0.4 is 11.1 Å². The average molecular weight is 222 g/mol. The third kappa shape index (κ3) is 3.64. The van der Waals surface area contributed by atoms with E-state index in [9.17, 15) is 4.79 Å². The minimum atomic E-state index is -0.634. The van der Waals surface area contributed by atoms with Gasteiger partial charge >= 0.3 is 0 Å². The molecule has 1 amide bonds. The van der Waals surface area contributed by atoms with Gasteiger partial charge in [-0.1, -0.05) is 6.07 Å². The second kappa shape index (κ2) is 5.63. The number of carbonyl (C=O) groups excluding carboxylic acids is 1. The van der Waals surface area contributed by atoms with E-state index in [1.807, 2.05) is 32.0 Å². The number of hydrogen-bond acceptors (Lipinski definition) is 3. The number of aryl methyl sites for hydroxylation is 2. The Bertz CT molecular complexity index is 357. The van der Waals surface area contributed by atoms with E-state index < -0.39 is 6.04 Å². The van der Waals surface area contributed by atoms with E-state index >= 15 is 0 Å². The summed E-state index contributed by atoms with van der Waals surface area (Å²) < 4.78 is 4.82. The molecule has 0 fully saturated rings. The molecule has 1 rings (SSSR count).